The summed E-state index contributed by atoms with van der Waals surface area (Å²) in [5, 5.41) is 2.22. The minimum atomic E-state index is 0.682. The summed E-state index contributed by atoms with van der Waals surface area (Å²) in [4.78, 5) is 10.5. The Morgan fingerprint density at radius 1 is 0.327 bits per heavy atom. The van der Waals surface area contributed by atoms with Crippen LogP contribution in [0.2, 0.25) is 0 Å². The summed E-state index contributed by atoms with van der Waals surface area (Å²) in [6.45, 7) is 0. The Labute approximate surface area is 284 Å². The highest BCUT2D eigenvalue weighted by Crippen LogP contribution is 2.40. The molecule has 0 bridgehead atoms. The van der Waals surface area contributed by atoms with E-state index in [-0.39, 0.29) is 0 Å². The van der Waals surface area contributed by atoms with Crippen molar-refractivity contribution >= 4 is 21.9 Å². The van der Waals surface area contributed by atoms with Crippen LogP contribution in [0, 0.1) is 0 Å². The molecule has 3 heteroatoms. The summed E-state index contributed by atoms with van der Waals surface area (Å²) in [5.41, 5.74) is 13.1. The lowest BCUT2D eigenvalue weighted by Gasteiger charge is -2.15. The van der Waals surface area contributed by atoms with Crippen molar-refractivity contribution in [3.8, 4) is 67.3 Å². The second-order valence-corrected chi connectivity index (χ2v) is 12.2. The van der Waals surface area contributed by atoms with Gasteiger partial charge in [0.05, 0.1) is 11.4 Å². The monoisotopic (exact) mass is 626 g/mol. The first-order chi connectivity index (χ1) is 24.3. The first kappa shape index (κ1) is 28.6. The van der Waals surface area contributed by atoms with Crippen LogP contribution in [0.3, 0.4) is 0 Å². The molecule has 230 valence electrons. The number of benzene rings is 7. The van der Waals surface area contributed by atoms with Gasteiger partial charge in [-0.3, -0.25) is 0 Å². The number of aromatic nitrogens is 2. The maximum absolute atomic E-state index is 6.51. The summed E-state index contributed by atoms with van der Waals surface area (Å²) in [6, 6.07) is 63.2. The molecular formula is C46H30N2O. The van der Waals surface area contributed by atoms with Gasteiger partial charge in [-0.05, 0) is 58.1 Å². The van der Waals surface area contributed by atoms with E-state index in [0.717, 1.165) is 83.4 Å². The highest BCUT2D eigenvalue weighted by molar-refractivity contribution is 6.09. The third kappa shape index (κ3) is 5.38. The number of hydrogen-bond acceptors (Lipinski definition) is 3. The standard InChI is InChI=1S/C46H30N2O/c1-4-15-31(16-5-1)34-27-35(38-24-14-25-40-39-22-12-13-26-44(39)49-45(38)40)29-36(28-34)43-30-42(33-19-8-3-9-20-33)47-46(48-43)41-23-11-10-21-37(41)32-17-6-2-7-18-32/h1-30H. The summed E-state index contributed by atoms with van der Waals surface area (Å²) in [7, 11) is 0. The van der Waals surface area contributed by atoms with Crippen LogP contribution in [0.4, 0.5) is 0 Å². The average Bonchev–Trinajstić information content (AvgIpc) is 3.58. The van der Waals surface area contributed by atoms with Crippen LogP contribution in [0.1, 0.15) is 0 Å². The quantitative estimate of drug-likeness (QED) is 0.184. The van der Waals surface area contributed by atoms with E-state index < -0.39 is 0 Å². The average molecular weight is 627 g/mol. The summed E-state index contributed by atoms with van der Waals surface area (Å²) in [6.07, 6.45) is 0. The van der Waals surface area contributed by atoms with Crippen LogP contribution < -0.4 is 0 Å². The lowest BCUT2D eigenvalue weighted by Crippen LogP contribution is -1.98. The number of nitrogens with zero attached hydrogens (tertiary/aromatic N) is 2. The van der Waals surface area contributed by atoms with Gasteiger partial charge in [-0.15, -0.1) is 0 Å². The number of furan rings is 1. The Morgan fingerprint density at radius 3 is 1.61 bits per heavy atom. The lowest BCUT2D eigenvalue weighted by molar-refractivity contribution is 0.670. The molecule has 2 aromatic heterocycles. The van der Waals surface area contributed by atoms with Gasteiger partial charge >= 0.3 is 0 Å². The van der Waals surface area contributed by atoms with Crippen LogP contribution in [0.5, 0.6) is 0 Å². The van der Waals surface area contributed by atoms with E-state index in [4.69, 9.17) is 14.4 Å². The maximum Gasteiger partial charge on any atom is 0.161 e. The third-order valence-electron chi connectivity index (χ3n) is 9.10. The molecule has 0 radical (unpaired) electrons. The van der Waals surface area contributed by atoms with E-state index in [1.807, 2.05) is 24.3 Å². The Balaban J connectivity index is 1.30. The van der Waals surface area contributed by atoms with E-state index in [0.29, 0.717) is 5.82 Å². The third-order valence-corrected chi connectivity index (χ3v) is 9.10. The van der Waals surface area contributed by atoms with Gasteiger partial charge < -0.3 is 4.42 Å². The fourth-order valence-electron chi connectivity index (χ4n) is 6.72. The predicted molar refractivity (Wildman–Crippen MR) is 202 cm³/mol. The Morgan fingerprint density at radius 2 is 0.857 bits per heavy atom. The molecule has 0 aliphatic rings. The Bertz CT molecular complexity index is 2590. The predicted octanol–water partition coefficient (Wildman–Crippen LogP) is 12.4. The van der Waals surface area contributed by atoms with Gasteiger partial charge in [-0.25, -0.2) is 9.97 Å². The number of para-hydroxylation sites is 2. The molecule has 0 fully saturated rings. The van der Waals surface area contributed by atoms with Crippen molar-refractivity contribution < 1.29 is 4.42 Å². The van der Waals surface area contributed by atoms with Gasteiger partial charge in [0.1, 0.15) is 11.2 Å². The summed E-state index contributed by atoms with van der Waals surface area (Å²) in [5.74, 6) is 0.682. The van der Waals surface area contributed by atoms with Crippen molar-refractivity contribution in [2.24, 2.45) is 0 Å². The molecule has 0 amide bonds. The second-order valence-electron chi connectivity index (χ2n) is 12.2. The first-order valence-electron chi connectivity index (χ1n) is 16.5. The molecule has 0 aliphatic carbocycles. The molecule has 2 heterocycles. The van der Waals surface area contributed by atoms with E-state index in [1.54, 1.807) is 0 Å². The largest absolute Gasteiger partial charge is 0.455 e. The summed E-state index contributed by atoms with van der Waals surface area (Å²) < 4.78 is 6.51. The van der Waals surface area contributed by atoms with Crippen molar-refractivity contribution in [2.75, 3.05) is 0 Å². The smallest absolute Gasteiger partial charge is 0.161 e. The van der Waals surface area contributed by atoms with E-state index in [1.165, 1.54) is 0 Å². The van der Waals surface area contributed by atoms with Gasteiger partial charge in [0.2, 0.25) is 0 Å². The molecule has 0 spiro atoms. The molecule has 0 N–H and O–H groups in total. The lowest BCUT2D eigenvalue weighted by atomic mass is 9.93. The Kier molecular flexibility index (Phi) is 7.14. The number of fused-ring (bicyclic) bond motifs is 3. The van der Waals surface area contributed by atoms with Gasteiger partial charge in [0.25, 0.3) is 0 Å². The molecule has 7 aromatic carbocycles. The molecule has 49 heavy (non-hydrogen) atoms. The zero-order valence-electron chi connectivity index (χ0n) is 26.6. The topological polar surface area (TPSA) is 38.9 Å². The van der Waals surface area contributed by atoms with Crippen LogP contribution in [-0.2, 0) is 0 Å². The van der Waals surface area contributed by atoms with Crippen molar-refractivity contribution in [3.63, 3.8) is 0 Å². The van der Waals surface area contributed by atoms with E-state index in [2.05, 4.69) is 158 Å². The van der Waals surface area contributed by atoms with Gasteiger partial charge in [-0.2, -0.15) is 0 Å². The van der Waals surface area contributed by atoms with Crippen molar-refractivity contribution in [3.05, 3.63) is 182 Å². The fourth-order valence-corrected chi connectivity index (χ4v) is 6.72. The highest BCUT2D eigenvalue weighted by atomic mass is 16.3. The van der Waals surface area contributed by atoms with Gasteiger partial charge in [0, 0.05) is 33.0 Å². The zero-order chi connectivity index (χ0) is 32.6. The zero-order valence-corrected chi connectivity index (χ0v) is 26.6. The van der Waals surface area contributed by atoms with Crippen molar-refractivity contribution in [1.82, 2.24) is 9.97 Å². The molecule has 9 rings (SSSR count). The molecule has 0 aliphatic heterocycles. The minimum Gasteiger partial charge on any atom is -0.455 e. The van der Waals surface area contributed by atoms with E-state index >= 15 is 0 Å². The SMILES string of the molecule is c1ccc(-c2cc(-c3cc(-c4ccccc4)nc(-c4ccccc4-c4ccccc4)n3)cc(-c3cccc4c3oc3ccccc34)c2)cc1. The highest BCUT2D eigenvalue weighted by Gasteiger charge is 2.18. The molecule has 0 atom stereocenters. The summed E-state index contributed by atoms with van der Waals surface area (Å²) >= 11 is 0. The Hall–Kier alpha value is -6.58. The van der Waals surface area contributed by atoms with Crippen molar-refractivity contribution in [1.29, 1.82) is 0 Å². The number of rotatable bonds is 6. The maximum atomic E-state index is 6.51. The number of hydrogen-bond donors (Lipinski definition) is 0. The normalized spacial score (nSPS) is 11.3. The molecule has 0 unspecified atom stereocenters. The van der Waals surface area contributed by atoms with E-state index in [9.17, 15) is 0 Å². The molecule has 0 saturated heterocycles. The van der Waals surface area contributed by atoms with Crippen LogP contribution in [-0.4, -0.2) is 9.97 Å². The molecular weight excluding hydrogens is 597 g/mol. The molecule has 0 saturated carbocycles. The van der Waals surface area contributed by atoms with Crippen LogP contribution in [0.25, 0.3) is 89.2 Å². The first-order valence-corrected chi connectivity index (χ1v) is 16.5. The van der Waals surface area contributed by atoms with Crippen LogP contribution >= 0.6 is 0 Å². The van der Waals surface area contributed by atoms with Gasteiger partial charge in [-0.1, -0.05) is 152 Å². The molecule has 9 aromatic rings. The molecule has 3 nitrogen and oxygen atoms in total. The fraction of sp³-hybridized carbons (Fsp3) is 0. The van der Waals surface area contributed by atoms with Crippen LogP contribution in [0.15, 0.2) is 186 Å². The van der Waals surface area contributed by atoms with Crippen molar-refractivity contribution in [2.45, 2.75) is 0 Å². The minimum absolute atomic E-state index is 0.682. The second kappa shape index (κ2) is 12.2. The van der Waals surface area contributed by atoms with Gasteiger partial charge in [0.15, 0.2) is 5.82 Å².